The molecular formula is C15H13N3O2. The molecule has 3 N–H and O–H groups in total. The quantitative estimate of drug-likeness (QED) is 0.760. The van der Waals surface area contributed by atoms with Crippen LogP contribution in [0.3, 0.4) is 0 Å². The molecule has 3 rings (SSSR count). The average molecular weight is 267 g/mol. The minimum absolute atomic E-state index is 0.277. The van der Waals surface area contributed by atoms with Crippen molar-refractivity contribution in [3.8, 4) is 0 Å². The Bertz CT molecular complexity index is 704. The van der Waals surface area contributed by atoms with Gasteiger partial charge in [0, 0.05) is 0 Å². The number of nitrogens with one attached hydrogen (secondary N) is 1. The van der Waals surface area contributed by atoms with Crippen LogP contribution in [0.4, 0.5) is 6.01 Å². The summed E-state index contributed by atoms with van der Waals surface area (Å²) in [5.74, 6) is -0.488. The van der Waals surface area contributed by atoms with E-state index in [9.17, 15) is 4.79 Å². The van der Waals surface area contributed by atoms with Crippen molar-refractivity contribution >= 4 is 23.0 Å². The number of benzene rings is 2. The Hall–Kier alpha value is -2.82. The standard InChI is InChI=1S/C15H13N3O2/c16-14(19)13(10-6-2-1-3-7-10)18-15-17-11-8-4-5-9-12(11)20-15/h1-9,13H,(H2,16,19)(H,17,18)/t13-/m0/s1. The minimum Gasteiger partial charge on any atom is -0.424 e. The molecule has 1 aromatic heterocycles. The van der Waals surface area contributed by atoms with E-state index in [1.165, 1.54) is 0 Å². The van der Waals surface area contributed by atoms with E-state index in [-0.39, 0.29) is 6.01 Å². The molecule has 0 fully saturated rings. The Labute approximate surface area is 115 Å². The number of anilines is 1. The number of nitrogens with two attached hydrogens (primary N) is 1. The third-order valence-corrected chi connectivity index (χ3v) is 2.98. The largest absolute Gasteiger partial charge is 0.424 e. The fourth-order valence-electron chi connectivity index (χ4n) is 2.02. The molecule has 0 spiro atoms. The van der Waals surface area contributed by atoms with Crippen molar-refractivity contribution in [1.29, 1.82) is 0 Å². The molecule has 0 bridgehead atoms. The highest BCUT2D eigenvalue weighted by atomic mass is 16.4. The highest BCUT2D eigenvalue weighted by Gasteiger charge is 2.19. The van der Waals surface area contributed by atoms with Crippen LogP contribution in [-0.4, -0.2) is 10.9 Å². The van der Waals surface area contributed by atoms with Crippen LogP contribution in [0, 0.1) is 0 Å². The van der Waals surface area contributed by atoms with Crippen molar-refractivity contribution in [1.82, 2.24) is 4.98 Å². The van der Waals surface area contributed by atoms with Gasteiger partial charge in [0.05, 0.1) is 0 Å². The van der Waals surface area contributed by atoms with Gasteiger partial charge in [0.25, 0.3) is 6.01 Å². The van der Waals surface area contributed by atoms with Crippen LogP contribution in [0.5, 0.6) is 0 Å². The molecule has 20 heavy (non-hydrogen) atoms. The summed E-state index contributed by atoms with van der Waals surface area (Å²) in [5.41, 5.74) is 7.59. The molecule has 0 saturated carbocycles. The van der Waals surface area contributed by atoms with Crippen LogP contribution < -0.4 is 11.1 Å². The van der Waals surface area contributed by atoms with E-state index in [0.717, 1.165) is 11.1 Å². The number of rotatable bonds is 4. The van der Waals surface area contributed by atoms with Gasteiger partial charge in [-0.3, -0.25) is 4.79 Å². The molecule has 1 heterocycles. The molecule has 0 aliphatic carbocycles. The van der Waals surface area contributed by atoms with Gasteiger partial charge in [0.2, 0.25) is 5.91 Å². The number of amides is 1. The van der Waals surface area contributed by atoms with Gasteiger partial charge in [-0.25, -0.2) is 0 Å². The van der Waals surface area contributed by atoms with Gasteiger partial charge in [-0.05, 0) is 17.7 Å². The van der Waals surface area contributed by atoms with Crippen LogP contribution in [0.25, 0.3) is 11.1 Å². The second-order valence-corrected chi connectivity index (χ2v) is 4.38. The van der Waals surface area contributed by atoms with Gasteiger partial charge in [-0.15, -0.1) is 0 Å². The van der Waals surface area contributed by atoms with E-state index in [2.05, 4.69) is 10.3 Å². The Morgan fingerprint density at radius 3 is 2.50 bits per heavy atom. The van der Waals surface area contributed by atoms with Crippen molar-refractivity contribution in [2.24, 2.45) is 5.73 Å². The van der Waals surface area contributed by atoms with Crippen molar-refractivity contribution in [2.75, 3.05) is 5.32 Å². The smallest absolute Gasteiger partial charge is 0.296 e. The van der Waals surface area contributed by atoms with E-state index < -0.39 is 11.9 Å². The van der Waals surface area contributed by atoms with Crippen molar-refractivity contribution in [2.45, 2.75) is 6.04 Å². The molecule has 2 aromatic carbocycles. The van der Waals surface area contributed by atoms with Crippen molar-refractivity contribution < 1.29 is 9.21 Å². The summed E-state index contributed by atoms with van der Waals surface area (Å²) in [7, 11) is 0. The number of oxazole rings is 1. The van der Waals surface area contributed by atoms with Gasteiger partial charge in [-0.2, -0.15) is 4.98 Å². The van der Waals surface area contributed by atoms with Crippen molar-refractivity contribution in [3.63, 3.8) is 0 Å². The number of hydrogen-bond acceptors (Lipinski definition) is 4. The SMILES string of the molecule is NC(=O)[C@@H](Nc1nc2ccccc2o1)c1ccccc1. The highest BCUT2D eigenvalue weighted by molar-refractivity contribution is 5.84. The fourth-order valence-corrected chi connectivity index (χ4v) is 2.02. The first kappa shape index (κ1) is 12.2. The lowest BCUT2D eigenvalue weighted by Crippen LogP contribution is -2.27. The number of primary amides is 1. The highest BCUT2D eigenvalue weighted by Crippen LogP contribution is 2.23. The predicted octanol–water partition coefficient (Wildman–Crippen LogP) is 2.47. The second kappa shape index (κ2) is 5.05. The molecule has 100 valence electrons. The molecule has 5 nitrogen and oxygen atoms in total. The maximum atomic E-state index is 11.6. The first-order chi connectivity index (χ1) is 9.74. The lowest BCUT2D eigenvalue weighted by Gasteiger charge is -2.13. The first-order valence-electron chi connectivity index (χ1n) is 6.20. The maximum Gasteiger partial charge on any atom is 0.296 e. The second-order valence-electron chi connectivity index (χ2n) is 4.38. The molecule has 1 atom stereocenters. The topological polar surface area (TPSA) is 81.2 Å². The number of carbonyl (C=O) groups is 1. The van der Waals surface area contributed by atoms with Crippen LogP contribution in [0.1, 0.15) is 11.6 Å². The lowest BCUT2D eigenvalue weighted by molar-refractivity contribution is -0.118. The first-order valence-corrected chi connectivity index (χ1v) is 6.20. The van der Waals surface area contributed by atoms with Crippen LogP contribution >= 0.6 is 0 Å². The van der Waals surface area contributed by atoms with Crippen LogP contribution in [0.2, 0.25) is 0 Å². The summed E-state index contributed by atoms with van der Waals surface area (Å²) in [6.45, 7) is 0. The summed E-state index contributed by atoms with van der Waals surface area (Å²) < 4.78 is 5.54. The number of nitrogens with zero attached hydrogens (tertiary/aromatic N) is 1. The normalized spacial score (nSPS) is 12.2. The summed E-state index contributed by atoms with van der Waals surface area (Å²) >= 11 is 0. The van der Waals surface area contributed by atoms with Gasteiger partial charge < -0.3 is 15.5 Å². The Balaban J connectivity index is 1.92. The number of para-hydroxylation sites is 2. The average Bonchev–Trinajstić information content (AvgIpc) is 2.88. The van der Waals surface area contributed by atoms with Crippen LogP contribution in [0.15, 0.2) is 59.0 Å². The molecular weight excluding hydrogens is 254 g/mol. The number of fused-ring (bicyclic) bond motifs is 1. The predicted molar refractivity (Wildman–Crippen MR) is 76.0 cm³/mol. The third kappa shape index (κ3) is 2.33. The summed E-state index contributed by atoms with van der Waals surface area (Å²) in [6.07, 6.45) is 0. The van der Waals surface area contributed by atoms with E-state index in [1.54, 1.807) is 0 Å². The zero-order chi connectivity index (χ0) is 13.9. The number of carbonyl (C=O) groups excluding carboxylic acids is 1. The molecule has 1 amide bonds. The molecule has 0 aliphatic rings. The van der Waals surface area contributed by atoms with Gasteiger partial charge in [-0.1, -0.05) is 42.5 Å². The molecule has 3 aromatic rings. The zero-order valence-electron chi connectivity index (χ0n) is 10.6. The monoisotopic (exact) mass is 267 g/mol. The minimum atomic E-state index is -0.677. The van der Waals surface area contributed by atoms with Gasteiger partial charge in [0.1, 0.15) is 11.6 Å². The number of aromatic nitrogens is 1. The number of hydrogen-bond donors (Lipinski definition) is 2. The lowest BCUT2D eigenvalue weighted by atomic mass is 10.1. The molecule has 0 unspecified atom stereocenters. The van der Waals surface area contributed by atoms with E-state index in [1.807, 2.05) is 54.6 Å². The Kier molecular flexibility index (Phi) is 3.09. The van der Waals surface area contributed by atoms with E-state index >= 15 is 0 Å². The third-order valence-electron chi connectivity index (χ3n) is 2.98. The van der Waals surface area contributed by atoms with Crippen molar-refractivity contribution in [3.05, 3.63) is 60.2 Å². The fraction of sp³-hybridized carbons (Fsp3) is 0.0667. The van der Waals surface area contributed by atoms with Crippen LogP contribution in [-0.2, 0) is 4.79 Å². The van der Waals surface area contributed by atoms with Gasteiger partial charge >= 0.3 is 0 Å². The Morgan fingerprint density at radius 2 is 1.80 bits per heavy atom. The molecule has 0 saturated heterocycles. The summed E-state index contributed by atoms with van der Waals surface area (Å²) in [4.78, 5) is 15.9. The summed E-state index contributed by atoms with van der Waals surface area (Å²) in [6, 6.07) is 16.2. The maximum absolute atomic E-state index is 11.6. The summed E-state index contributed by atoms with van der Waals surface area (Å²) in [5, 5.41) is 2.93. The van der Waals surface area contributed by atoms with E-state index in [4.69, 9.17) is 10.2 Å². The molecule has 0 radical (unpaired) electrons. The van der Waals surface area contributed by atoms with E-state index in [0.29, 0.717) is 5.58 Å². The Morgan fingerprint density at radius 1 is 1.10 bits per heavy atom. The molecule has 5 heteroatoms. The van der Waals surface area contributed by atoms with Gasteiger partial charge in [0.15, 0.2) is 5.58 Å². The zero-order valence-corrected chi connectivity index (χ0v) is 10.6. The molecule has 0 aliphatic heterocycles.